The summed E-state index contributed by atoms with van der Waals surface area (Å²) < 4.78 is 6.91. The minimum absolute atomic E-state index is 0.473. The molecule has 0 aliphatic carbocycles. The van der Waals surface area contributed by atoms with E-state index in [-0.39, 0.29) is 0 Å². The van der Waals surface area contributed by atoms with Crippen LogP contribution < -0.4 is 9.47 Å². The number of nitrogens with zero attached hydrogens (tertiary/aromatic N) is 2. The molecular weight excluding hydrogens is 272 g/mol. The number of ether oxygens (including phenoxy) is 1. The van der Waals surface area contributed by atoms with Crippen molar-refractivity contribution in [1.29, 1.82) is 0 Å². The summed E-state index contributed by atoms with van der Waals surface area (Å²) in [6.45, 7) is 1.85. The Morgan fingerprint density at radius 3 is 2.94 bits per heavy atom. The average Bonchev–Trinajstić information content (AvgIpc) is 2.20. The van der Waals surface area contributed by atoms with E-state index < -0.39 is 0 Å². The minimum atomic E-state index is 0.473. The summed E-state index contributed by atoms with van der Waals surface area (Å²) in [5, 5.41) is 11.2. The van der Waals surface area contributed by atoms with Crippen molar-refractivity contribution in [2.45, 2.75) is 6.92 Å². The highest BCUT2D eigenvalue weighted by atomic mass is 79.9. The number of rotatable bonds is 2. The Morgan fingerprint density at radius 1 is 1.44 bits per heavy atom. The maximum Gasteiger partial charge on any atom is 0.223 e. The van der Waals surface area contributed by atoms with Crippen LogP contribution in [-0.4, -0.2) is 4.98 Å². The molecule has 0 amide bonds. The van der Waals surface area contributed by atoms with E-state index in [2.05, 4.69) is 20.9 Å². The van der Waals surface area contributed by atoms with Crippen LogP contribution >= 0.6 is 15.9 Å². The standard InChI is InChI=1S/C11H9BrN2O2/c1-8-11(3-2-4-13-8)16-10-5-9(12)6-14(15)7-10/h2-7H,1H3. The van der Waals surface area contributed by atoms with Gasteiger partial charge in [-0.05, 0) is 35.0 Å². The van der Waals surface area contributed by atoms with E-state index in [9.17, 15) is 5.21 Å². The van der Waals surface area contributed by atoms with E-state index in [1.54, 1.807) is 24.4 Å². The lowest BCUT2D eigenvalue weighted by Gasteiger charge is -2.07. The number of halogens is 1. The Bertz CT molecular complexity index is 497. The van der Waals surface area contributed by atoms with Crippen molar-refractivity contribution < 1.29 is 9.47 Å². The van der Waals surface area contributed by atoms with Crippen molar-refractivity contribution in [3.8, 4) is 11.5 Å². The molecule has 2 aromatic rings. The SMILES string of the molecule is Cc1ncccc1Oc1cc(Br)c[n+]([O-])c1. The molecule has 5 heteroatoms. The number of aryl methyl sites for hydroxylation is 1. The molecule has 0 bridgehead atoms. The van der Waals surface area contributed by atoms with Gasteiger partial charge in [-0.15, -0.1) is 0 Å². The Morgan fingerprint density at radius 2 is 2.25 bits per heavy atom. The van der Waals surface area contributed by atoms with Gasteiger partial charge in [-0.1, -0.05) is 0 Å². The predicted octanol–water partition coefficient (Wildman–Crippen LogP) is 2.58. The summed E-state index contributed by atoms with van der Waals surface area (Å²) >= 11 is 3.23. The molecule has 0 unspecified atom stereocenters. The third kappa shape index (κ3) is 2.49. The van der Waals surface area contributed by atoms with Gasteiger partial charge in [0.2, 0.25) is 6.20 Å². The van der Waals surface area contributed by atoms with Gasteiger partial charge in [-0.3, -0.25) is 4.98 Å². The second-order valence-corrected chi connectivity index (χ2v) is 4.15. The van der Waals surface area contributed by atoms with Crippen molar-refractivity contribution in [2.24, 2.45) is 0 Å². The molecule has 0 radical (unpaired) electrons. The topological polar surface area (TPSA) is 49.1 Å². The van der Waals surface area contributed by atoms with Crippen LogP contribution in [-0.2, 0) is 0 Å². The number of aromatic nitrogens is 2. The van der Waals surface area contributed by atoms with E-state index in [0.29, 0.717) is 20.7 Å². The molecule has 0 aliphatic rings. The molecule has 0 fully saturated rings. The zero-order chi connectivity index (χ0) is 11.5. The Balaban J connectivity index is 2.30. The van der Waals surface area contributed by atoms with Crippen LogP contribution in [0.2, 0.25) is 0 Å². The van der Waals surface area contributed by atoms with Crippen LogP contribution in [0.3, 0.4) is 0 Å². The Kier molecular flexibility index (Phi) is 3.05. The molecule has 0 atom stereocenters. The van der Waals surface area contributed by atoms with Gasteiger partial charge in [-0.25, -0.2) is 0 Å². The molecule has 16 heavy (non-hydrogen) atoms. The smallest absolute Gasteiger partial charge is 0.223 e. The first-order chi connectivity index (χ1) is 7.65. The van der Waals surface area contributed by atoms with Gasteiger partial charge in [0.25, 0.3) is 0 Å². The first-order valence-corrected chi connectivity index (χ1v) is 5.43. The third-order valence-electron chi connectivity index (χ3n) is 1.97. The van der Waals surface area contributed by atoms with Gasteiger partial charge in [0.15, 0.2) is 11.9 Å². The van der Waals surface area contributed by atoms with Crippen molar-refractivity contribution in [1.82, 2.24) is 4.98 Å². The van der Waals surface area contributed by atoms with Crippen LogP contribution in [0.25, 0.3) is 0 Å². The fraction of sp³-hybridized carbons (Fsp3) is 0.0909. The van der Waals surface area contributed by atoms with E-state index in [1.165, 1.54) is 12.4 Å². The monoisotopic (exact) mass is 280 g/mol. The number of pyridine rings is 2. The second-order valence-electron chi connectivity index (χ2n) is 3.24. The lowest BCUT2D eigenvalue weighted by molar-refractivity contribution is -0.606. The van der Waals surface area contributed by atoms with Gasteiger partial charge in [0, 0.05) is 12.3 Å². The third-order valence-corrected chi connectivity index (χ3v) is 2.41. The summed E-state index contributed by atoms with van der Waals surface area (Å²) in [5.74, 6) is 1.11. The van der Waals surface area contributed by atoms with Crippen LogP contribution in [0.1, 0.15) is 5.69 Å². The lowest BCUT2D eigenvalue weighted by Crippen LogP contribution is -2.24. The van der Waals surface area contributed by atoms with Gasteiger partial charge in [0.05, 0.1) is 10.2 Å². The highest BCUT2D eigenvalue weighted by Gasteiger charge is 2.06. The predicted molar refractivity (Wildman–Crippen MR) is 62.2 cm³/mol. The second kappa shape index (κ2) is 4.49. The van der Waals surface area contributed by atoms with Crippen molar-refractivity contribution in [3.05, 3.63) is 52.2 Å². The maximum atomic E-state index is 11.2. The fourth-order valence-electron chi connectivity index (χ4n) is 1.25. The average molecular weight is 281 g/mol. The first kappa shape index (κ1) is 10.9. The molecular formula is C11H9BrN2O2. The molecule has 0 spiro atoms. The van der Waals surface area contributed by atoms with Crippen molar-refractivity contribution in [3.63, 3.8) is 0 Å². The summed E-state index contributed by atoms with van der Waals surface area (Å²) in [4.78, 5) is 4.10. The lowest BCUT2D eigenvalue weighted by atomic mass is 10.3. The van der Waals surface area contributed by atoms with Gasteiger partial charge < -0.3 is 9.94 Å². The summed E-state index contributed by atoms with van der Waals surface area (Å²) in [5.41, 5.74) is 0.778. The first-order valence-electron chi connectivity index (χ1n) is 4.64. The molecule has 2 rings (SSSR count). The molecule has 2 heterocycles. The van der Waals surface area contributed by atoms with Crippen molar-refractivity contribution in [2.75, 3.05) is 0 Å². The molecule has 0 aromatic carbocycles. The van der Waals surface area contributed by atoms with E-state index in [1.807, 2.05) is 6.92 Å². The van der Waals surface area contributed by atoms with Gasteiger partial charge in [0.1, 0.15) is 5.75 Å². The van der Waals surface area contributed by atoms with Crippen LogP contribution in [0.4, 0.5) is 0 Å². The van der Waals surface area contributed by atoms with Gasteiger partial charge in [-0.2, -0.15) is 4.73 Å². The van der Waals surface area contributed by atoms with Crippen LogP contribution in [0, 0.1) is 12.1 Å². The largest absolute Gasteiger partial charge is 0.619 e. The van der Waals surface area contributed by atoms with E-state index in [0.717, 1.165) is 5.69 Å². The molecule has 0 saturated carbocycles. The molecule has 4 nitrogen and oxygen atoms in total. The summed E-state index contributed by atoms with van der Waals surface area (Å²) in [7, 11) is 0. The Labute approximate surface area is 101 Å². The Hall–Kier alpha value is -1.62. The molecule has 0 N–H and O–H groups in total. The normalized spacial score (nSPS) is 10.1. The zero-order valence-electron chi connectivity index (χ0n) is 8.55. The van der Waals surface area contributed by atoms with Gasteiger partial charge >= 0.3 is 0 Å². The number of hydrogen-bond acceptors (Lipinski definition) is 3. The summed E-state index contributed by atoms with van der Waals surface area (Å²) in [6.07, 6.45) is 4.46. The van der Waals surface area contributed by atoms with Crippen LogP contribution in [0.5, 0.6) is 11.5 Å². The number of hydrogen-bond donors (Lipinski definition) is 0. The highest BCUT2D eigenvalue weighted by molar-refractivity contribution is 9.10. The zero-order valence-corrected chi connectivity index (χ0v) is 10.1. The molecule has 0 saturated heterocycles. The quantitative estimate of drug-likeness (QED) is 0.628. The molecule has 0 aliphatic heterocycles. The molecule has 2 aromatic heterocycles. The maximum absolute atomic E-state index is 11.2. The van der Waals surface area contributed by atoms with E-state index >= 15 is 0 Å². The van der Waals surface area contributed by atoms with E-state index in [4.69, 9.17) is 4.74 Å². The van der Waals surface area contributed by atoms with Crippen molar-refractivity contribution >= 4 is 15.9 Å². The summed E-state index contributed by atoms with van der Waals surface area (Å²) in [6, 6.07) is 5.31. The minimum Gasteiger partial charge on any atom is -0.619 e. The highest BCUT2D eigenvalue weighted by Crippen LogP contribution is 2.24. The van der Waals surface area contributed by atoms with Crippen LogP contribution in [0.15, 0.2) is 41.3 Å². The molecule has 82 valence electrons. The fourth-order valence-corrected chi connectivity index (χ4v) is 1.68.